The van der Waals surface area contributed by atoms with Crippen LogP contribution in [0.5, 0.6) is 5.75 Å². The summed E-state index contributed by atoms with van der Waals surface area (Å²) in [4.78, 5) is 12.5. The number of carbonyl (C=O) groups is 1. The summed E-state index contributed by atoms with van der Waals surface area (Å²) in [6.45, 7) is 5.90. The first-order valence-corrected chi connectivity index (χ1v) is 12.0. The molecule has 3 rings (SSSR count). The fourth-order valence-corrected chi connectivity index (χ4v) is 4.60. The lowest BCUT2D eigenvalue weighted by Crippen LogP contribution is -2.27. The molecule has 7 nitrogen and oxygen atoms in total. The third kappa shape index (κ3) is 5.77. The van der Waals surface area contributed by atoms with Gasteiger partial charge in [0.15, 0.2) is 0 Å². The Balaban J connectivity index is 1.84. The maximum absolute atomic E-state index is 13.1. The van der Waals surface area contributed by atoms with Crippen molar-refractivity contribution in [2.45, 2.75) is 44.4 Å². The molecule has 1 aliphatic rings. The first-order valence-electron chi connectivity index (χ1n) is 10.6. The van der Waals surface area contributed by atoms with Gasteiger partial charge in [-0.1, -0.05) is 26.0 Å². The Bertz CT molecular complexity index is 1030. The van der Waals surface area contributed by atoms with Gasteiger partial charge in [-0.3, -0.25) is 9.52 Å². The minimum absolute atomic E-state index is 0.0109. The van der Waals surface area contributed by atoms with Crippen LogP contribution in [0.4, 0.5) is 11.4 Å². The normalized spacial score (nSPS) is 14.9. The zero-order chi connectivity index (χ0) is 22.6. The largest absolute Gasteiger partial charge is 0.492 e. The van der Waals surface area contributed by atoms with Crippen molar-refractivity contribution in [3.05, 3.63) is 48.0 Å². The van der Waals surface area contributed by atoms with Crippen molar-refractivity contribution in [2.24, 2.45) is 11.8 Å². The van der Waals surface area contributed by atoms with E-state index < -0.39 is 15.9 Å². The molecule has 0 aliphatic heterocycles. The molecular weight excluding hydrogens is 416 g/mol. The molecule has 8 heteroatoms. The number of anilines is 2. The molecule has 1 fully saturated rings. The zero-order valence-corrected chi connectivity index (χ0v) is 18.9. The lowest BCUT2D eigenvalue weighted by Gasteiger charge is -2.17. The van der Waals surface area contributed by atoms with Crippen molar-refractivity contribution in [1.29, 1.82) is 0 Å². The van der Waals surface area contributed by atoms with E-state index in [2.05, 4.69) is 10.0 Å². The number of aliphatic hydroxyl groups excluding tert-OH is 1. The van der Waals surface area contributed by atoms with E-state index >= 15 is 0 Å². The number of amides is 1. The van der Waals surface area contributed by atoms with Crippen LogP contribution in [0.3, 0.4) is 0 Å². The molecule has 2 aromatic carbocycles. The van der Waals surface area contributed by atoms with E-state index in [0.29, 0.717) is 11.4 Å². The van der Waals surface area contributed by atoms with Gasteiger partial charge in [-0.2, -0.15) is 0 Å². The standard InChI is InChI=1S/C23H30N2O5S/c1-4-30-21-13-18(24-23(27)20(14-26)16-8-9-16)10-11-22(21)31(28,29)25-19-7-5-6-17(12-19)15(2)3/h5-7,10-13,15-16,20,25-26H,4,8-9,14H2,1-3H3,(H,24,27)/t20-/m0/s1. The fourth-order valence-electron chi connectivity index (χ4n) is 3.43. The molecule has 1 amide bonds. The van der Waals surface area contributed by atoms with E-state index in [1.807, 2.05) is 32.0 Å². The summed E-state index contributed by atoms with van der Waals surface area (Å²) in [6.07, 6.45) is 1.87. The Morgan fingerprint density at radius 1 is 1.16 bits per heavy atom. The van der Waals surface area contributed by atoms with Crippen LogP contribution < -0.4 is 14.8 Å². The number of nitrogens with one attached hydrogen (secondary N) is 2. The number of hydrogen-bond acceptors (Lipinski definition) is 5. The molecule has 31 heavy (non-hydrogen) atoms. The Morgan fingerprint density at radius 3 is 2.52 bits per heavy atom. The first kappa shape index (κ1) is 23.1. The van der Waals surface area contributed by atoms with Gasteiger partial charge in [-0.15, -0.1) is 0 Å². The fraction of sp³-hybridized carbons (Fsp3) is 0.435. The highest BCUT2D eigenvalue weighted by Crippen LogP contribution is 2.37. The Labute approximate surface area is 183 Å². The minimum Gasteiger partial charge on any atom is -0.492 e. The van der Waals surface area contributed by atoms with Gasteiger partial charge in [0.05, 0.1) is 19.1 Å². The van der Waals surface area contributed by atoms with E-state index in [-0.39, 0.29) is 41.6 Å². The predicted molar refractivity (Wildman–Crippen MR) is 121 cm³/mol. The summed E-state index contributed by atoms with van der Waals surface area (Å²) in [7, 11) is -3.91. The molecule has 168 valence electrons. The summed E-state index contributed by atoms with van der Waals surface area (Å²) in [6, 6.07) is 11.7. The molecule has 1 atom stereocenters. The highest BCUT2D eigenvalue weighted by Gasteiger charge is 2.35. The number of rotatable bonds is 10. The molecule has 0 radical (unpaired) electrons. The molecule has 2 aromatic rings. The van der Waals surface area contributed by atoms with Crippen LogP contribution in [0.15, 0.2) is 47.4 Å². The van der Waals surface area contributed by atoms with E-state index in [9.17, 15) is 18.3 Å². The predicted octanol–water partition coefficient (Wildman–Crippen LogP) is 3.97. The van der Waals surface area contributed by atoms with Crippen LogP contribution in [0.2, 0.25) is 0 Å². The van der Waals surface area contributed by atoms with Crippen LogP contribution in [0.25, 0.3) is 0 Å². The molecule has 0 unspecified atom stereocenters. The van der Waals surface area contributed by atoms with Crippen molar-refractivity contribution in [2.75, 3.05) is 23.3 Å². The Morgan fingerprint density at radius 2 is 1.90 bits per heavy atom. The molecule has 3 N–H and O–H groups in total. The van der Waals surface area contributed by atoms with Crippen LogP contribution in [0.1, 0.15) is 45.1 Å². The third-order valence-electron chi connectivity index (χ3n) is 5.33. The molecule has 0 heterocycles. The number of benzene rings is 2. The number of ether oxygens (including phenoxy) is 1. The van der Waals surface area contributed by atoms with E-state index in [0.717, 1.165) is 18.4 Å². The highest BCUT2D eigenvalue weighted by molar-refractivity contribution is 7.92. The SMILES string of the molecule is CCOc1cc(NC(=O)[C@@H](CO)C2CC2)ccc1S(=O)(=O)Nc1cccc(C(C)C)c1. The Hall–Kier alpha value is -2.58. The van der Waals surface area contributed by atoms with Crippen molar-refractivity contribution in [1.82, 2.24) is 0 Å². The smallest absolute Gasteiger partial charge is 0.265 e. The zero-order valence-electron chi connectivity index (χ0n) is 18.1. The quantitative estimate of drug-likeness (QED) is 0.512. The highest BCUT2D eigenvalue weighted by atomic mass is 32.2. The number of sulfonamides is 1. The van der Waals surface area contributed by atoms with Gasteiger partial charge in [0.1, 0.15) is 10.6 Å². The van der Waals surface area contributed by atoms with Gasteiger partial charge >= 0.3 is 0 Å². The number of carbonyl (C=O) groups excluding carboxylic acids is 1. The maximum Gasteiger partial charge on any atom is 0.265 e. The van der Waals surface area contributed by atoms with Crippen molar-refractivity contribution >= 4 is 27.3 Å². The van der Waals surface area contributed by atoms with Gasteiger partial charge in [0.2, 0.25) is 5.91 Å². The van der Waals surface area contributed by atoms with Gasteiger partial charge in [-0.05, 0) is 61.4 Å². The molecule has 0 spiro atoms. The first-order chi connectivity index (χ1) is 14.7. The van der Waals surface area contributed by atoms with Crippen LogP contribution in [0, 0.1) is 11.8 Å². The molecule has 1 aliphatic carbocycles. The molecule has 0 saturated heterocycles. The van der Waals surface area contributed by atoms with E-state index in [1.165, 1.54) is 18.2 Å². The number of hydrogen-bond donors (Lipinski definition) is 3. The topological polar surface area (TPSA) is 105 Å². The van der Waals surface area contributed by atoms with E-state index in [1.54, 1.807) is 13.0 Å². The third-order valence-corrected chi connectivity index (χ3v) is 6.75. The second-order valence-corrected chi connectivity index (χ2v) is 9.75. The van der Waals surface area contributed by atoms with Crippen LogP contribution >= 0.6 is 0 Å². The second kappa shape index (κ2) is 9.70. The average Bonchev–Trinajstić information content (AvgIpc) is 3.54. The van der Waals surface area contributed by atoms with Crippen molar-refractivity contribution in [3.8, 4) is 5.75 Å². The molecular formula is C23H30N2O5S. The summed E-state index contributed by atoms with van der Waals surface area (Å²) in [5.74, 6) is -0.0909. The molecule has 1 saturated carbocycles. The number of aliphatic hydroxyl groups is 1. The molecule has 0 bridgehead atoms. The van der Waals surface area contributed by atoms with Gasteiger partial charge < -0.3 is 15.2 Å². The van der Waals surface area contributed by atoms with Gasteiger partial charge in [-0.25, -0.2) is 8.42 Å². The van der Waals surface area contributed by atoms with Crippen LogP contribution in [-0.4, -0.2) is 32.6 Å². The average molecular weight is 447 g/mol. The lowest BCUT2D eigenvalue weighted by atomic mass is 10.0. The van der Waals surface area contributed by atoms with E-state index in [4.69, 9.17) is 4.74 Å². The summed E-state index contributed by atoms with van der Waals surface area (Å²) >= 11 is 0. The molecule has 0 aromatic heterocycles. The Kier molecular flexibility index (Phi) is 7.23. The minimum atomic E-state index is -3.91. The van der Waals surface area contributed by atoms with Crippen LogP contribution in [-0.2, 0) is 14.8 Å². The lowest BCUT2D eigenvalue weighted by molar-refractivity contribution is -0.121. The van der Waals surface area contributed by atoms with Gasteiger partial charge in [0, 0.05) is 17.4 Å². The van der Waals surface area contributed by atoms with Crippen molar-refractivity contribution in [3.63, 3.8) is 0 Å². The van der Waals surface area contributed by atoms with Crippen molar-refractivity contribution < 1.29 is 23.1 Å². The monoisotopic (exact) mass is 446 g/mol. The van der Waals surface area contributed by atoms with Gasteiger partial charge in [0.25, 0.3) is 10.0 Å². The summed E-state index contributed by atoms with van der Waals surface area (Å²) < 4.78 is 34.3. The maximum atomic E-state index is 13.1. The summed E-state index contributed by atoms with van der Waals surface area (Å²) in [5, 5.41) is 12.3. The summed E-state index contributed by atoms with van der Waals surface area (Å²) in [5.41, 5.74) is 1.92. The second-order valence-electron chi connectivity index (χ2n) is 8.10.